The molecule has 0 saturated heterocycles. The first-order valence-electron chi connectivity index (χ1n) is 9.93. The summed E-state index contributed by atoms with van der Waals surface area (Å²) >= 11 is 4.03. The van der Waals surface area contributed by atoms with E-state index in [0.29, 0.717) is 19.4 Å². The average molecular weight is 463 g/mol. The number of carbonyl (C=O) groups is 5. The summed E-state index contributed by atoms with van der Waals surface area (Å²) in [5.41, 5.74) is 16.0. The Labute approximate surface area is 186 Å². The number of carboxylic acids is 1. The molecule has 0 spiro atoms. The molecule has 0 aromatic heterocycles. The molecule has 178 valence electrons. The molecule has 31 heavy (non-hydrogen) atoms. The molecular formula is C18H34N6O6S. The maximum Gasteiger partial charge on any atom is 0.326 e. The summed E-state index contributed by atoms with van der Waals surface area (Å²) in [6.07, 6.45) is 0.936. The van der Waals surface area contributed by atoms with Gasteiger partial charge in [0.2, 0.25) is 23.6 Å². The average Bonchev–Trinajstić information content (AvgIpc) is 2.67. The van der Waals surface area contributed by atoms with Crippen LogP contribution in [0.2, 0.25) is 0 Å². The number of nitrogens with two attached hydrogens (primary N) is 3. The molecule has 0 heterocycles. The highest BCUT2D eigenvalue weighted by Gasteiger charge is 2.31. The lowest BCUT2D eigenvalue weighted by Gasteiger charge is -2.26. The Bertz CT molecular complexity index is 647. The van der Waals surface area contributed by atoms with Crippen LogP contribution in [0.5, 0.6) is 0 Å². The van der Waals surface area contributed by atoms with Gasteiger partial charge in [0.25, 0.3) is 0 Å². The van der Waals surface area contributed by atoms with E-state index in [1.165, 1.54) is 0 Å². The van der Waals surface area contributed by atoms with Crippen molar-refractivity contribution >= 4 is 42.2 Å². The number of hydrogen-bond donors (Lipinski definition) is 8. The molecule has 0 saturated carbocycles. The molecule has 13 heteroatoms. The van der Waals surface area contributed by atoms with E-state index in [1.54, 1.807) is 13.8 Å². The molecule has 10 N–H and O–H groups in total. The number of carboxylic acid groups (broad SMARTS) is 1. The first kappa shape index (κ1) is 28.6. The van der Waals surface area contributed by atoms with E-state index in [-0.39, 0.29) is 18.1 Å². The number of amides is 4. The van der Waals surface area contributed by atoms with Crippen molar-refractivity contribution in [2.75, 3.05) is 12.3 Å². The first-order chi connectivity index (χ1) is 14.4. The first-order valence-corrected chi connectivity index (χ1v) is 10.6. The maximum atomic E-state index is 12.6. The third kappa shape index (κ3) is 11.0. The minimum Gasteiger partial charge on any atom is -0.480 e. The number of carbonyl (C=O) groups excluding carboxylic acids is 4. The zero-order valence-corrected chi connectivity index (χ0v) is 18.7. The molecule has 0 radical (unpaired) electrons. The van der Waals surface area contributed by atoms with Crippen LogP contribution < -0.4 is 33.2 Å². The van der Waals surface area contributed by atoms with Crippen LogP contribution in [0.4, 0.5) is 0 Å². The molecule has 0 aliphatic carbocycles. The Balaban J connectivity index is 5.13. The van der Waals surface area contributed by atoms with E-state index in [4.69, 9.17) is 17.2 Å². The van der Waals surface area contributed by atoms with Crippen molar-refractivity contribution in [1.29, 1.82) is 0 Å². The van der Waals surface area contributed by atoms with E-state index in [0.717, 1.165) is 0 Å². The summed E-state index contributed by atoms with van der Waals surface area (Å²) < 4.78 is 0. The fraction of sp³-hybridized carbons (Fsp3) is 0.722. The molecule has 0 fully saturated rings. The van der Waals surface area contributed by atoms with Crippen LogP contribution in [0.3, 0.4) is 0 Å². The highest BCUT2D eigenvalue weighted by atomic mass is 32.1. The number of hydrogen-bond acceptors (Lipinski definition) is 8. The standard InChI is InChI=1S/C18H34N6O6S/c1-9(2)14(17(28)22-11(18(29)30)5-3-4-6-19)24-16(27)12(8-31)23-15(26)10(20)7-13(21)25/h9-12,14,31H,3-8,19-20H2,1-2H3,(H2,21,25)(H,22,28)(H,23,26)(H,24,27)(H,29,30). The zero-order valence-electron chi connectivity index (χ0n) is 17.8. The third-order valence-corrected chi connectivity index (χ3v) is 4.75. The SMILES string of the molecule is CC(C)C(NC(=O)C(CS)NC(=O)C(N)CC(N)=O)C(=O)NC(CCCCN)C(=O)O. The van der Waals surface area contributed by atoms with Crippen LogP contribution in [0, 0.1) is 5.92 Å². The number of unbranched alkanes of at least 4 members (excludes halogenated alkanes) is 1. The summed E-state index contributed by atoms with van der Waals surface area (Å²) in [4.78, 5) is 59.6. The Morgan fingerprint density at radius 3 is 1.97 bits per heavy atom. The van der Waals surface area contributed by atoms with Crippen molar-refractivity contribution in [1.82, 2.24) is 16.0 Å². The van der Waals surface area contributed by atoms with Gasteiger partial charge in [-0.3, -0.25) is 19.2 Å². The van der Waals surface area contributed by atoms with Gasteiger partial charge in [-0.05, 0) is 31.7 Å². The molecule has 4 unspecified atom stereocenters. The van der Waals surface area contributed by atoms with Crippen LogP contribution in [0.25, 0.3) is 0 Å². The van der Waals surface area contributed by atoms with Crippen LogP contribution in [0.15, 0.2) is 0 Å². The minimum absolute atomic E-state index is 0.107. The van der Waals surface area contributed by atoms with Gasteiger partial charge in [0.05, 0.1) is 12.5 Å². The molecule has 0 aliphatic heterocycles. The van der Waals surface area contributed by atoms with Gasteiger partial charge in [-0.25, -0.2) is 4.79 Å². The van der Waals surface area contributed by atoms with Crippen molar-refractivity contribution in [3.8, 4) is 0 Å². The monoisotopic (exact) mass is 462 g/mol. The van der Waals surface area contributed by atoms with Gasteiger partial charge in [-0.15, -0.1) is 0 Å². The van der Waals surface area contributed by atoms with E-state index in [2.05, 4.69) is 28.6 Å². The summed E-state index contributed by atoms with van der Waals surface area (Å²) in [6, 6.07) is -4.54. The predicted octanol–water partition coefficient (Wildman–Crippen LogP) is -2.56. The second-order valence-electron chi connectivity index (χ2n) is 7.43. The predicted molar refractivity (Wildman–Crippen MR) is 117 cm³/mol. The third-order valence-electron chi connectivity index (χ3n) is 4.38. The second kappa shape index (κ2) is 14.6. The smallest absolute Gasteiger partial charge is 0.326 e. The topological polar surface area (TPSA) is 220 Å². The molecule has 0 aromatic rings. The van der Waals surface area contributed by atoms with E-state index in [9.17, 15) is 29.1 Å². The van der Waals surface area contributed by atoms with Gasteiger partial charge < -0.3 is 38.3 Å². The highest BCUT2D eigenvalue weighted by Crippen LogP contribution is 2.07. The van der Waals surface area contributed by atoms with E-state index >= 15 is 0 Å². The van der Waals surface area contributed by atoms with Crippen LogP contribution >= 0.6 is 12.6 Å². The Kier molecular flexibility index (Phi) is 13.5. The van der Waals surface area contributed by atoms with Crippen LogP contribution in [-0.2, 0) is 24.0 Å². The lowest BCUT2D eigenvalue weighted by Crippen LogP contribution is -2.59. The van der Waals surface area contributed by atoms with Crippen molar-refractivity contribution in [2.45, 2.75) is 63.7 Å². The lowest BCUT2D eigenvalue weighted by molar-refractivity contribution is -0.142. The van der Waals surface area contributed by atoms with Crippen LogP contribution in [0.1, 0.15) is 39.5 Å². The minimum atomic E-state index is -1.23. The van der Waals surface area contributed by atoms with Gasteiger partial charge in [0.1, 0.15) is 18.1 Å². The van der Waals surface area contributed by atoms with Gasteiger partial charge in [-0.1, -0.05) is 13.8 Å². The normalized spacial score (nSPS) is 14.8. The van der Waals surface area contributed by atoms with Crippen molar-refractivity contribution in [3.63, 3.8) is 0 Å². The summed E-state index contributed by atoms with van der Waals surface area (Å²) in [5.74, 6) is -4.60. The summed E-state index contributed by atoms with van der Waals surface area (Å²) in [7, 11) is 0. The molecule has 0 aliphatic rings. The number of primary amides is 1. The molecule has 0 aromatic carbocycles. The largest absolute Gasteiger partial charge is 0.480 e. The Hall–Kier alpha value is -2.38. The van der Waals surface area contributed by atoms with Crippen molar-refractivity contribution in [2.24, 2.45) is 23.1 Å². The van der Waals surface area contributed by atoms with Crippen molar-refractivity contribution in [3.05, 3.63) is 0 Å². The van der Waals surface area contributed by atoms with Gasteiger partial charge >= 0.3 is 5.97 Å². The quantitative estimate of drug-likeness (QED) is 0.0953. The van der Waals surface area contributed by atoms with Gasteiger partial charge in [0, 0.05) is 5.75 Å². The fourth-order valence-corrected chi connectivity index (χ4v) is 2.84. The summed E-state index contributed by atoms with van der Waals surface area (Å²) in [6.45, 7) is 3.75. The molecule has 12 nitrogen and oxygen atoms in total. The zero-order chi connectivity index (χ0) is 24.1. The number of rotatable bonds is 15. The molecule has 0 bridgehead atoms. The Morgan fingerprint density at radius 2 is 1.52 bits per heavy atom. The van der Waals surface area contributed by atoms with Crippen molar-refractivity contribution < 1.29 is 29.1 Å². The molecule has 4 amide bonds. The second-order valence-corrected chi connectivity index (χ2v) is 7.80. The number of nitrogens with one attached hydrogen (secondary N) is 3. The van der Waals surface area contributed by atoms with E-state index < -0.39 is 60.2 Å². The number of aliphatic carboxylic acids is 1. The molecular weight excluding hydrogens is 428 g/mol. The van der Waals surface area contributed by atoms with Gasteiger partial charge in [0.15, 0.2) is 0 Å². The fourth-order valence-electron chi connectivity index (χ4n) is 2.58. The Morgan fingerprint density at radius 1 is 0.935 bits per heavy atom. The number of thiol groups is 1. The molecule has 4 atom stereocenters. The maximum absolute atomic E-state index is 12.6. The highest BCUT2D eigenvalue weighted by molar-refractivity contribution is 7.80. The lowest BCUT2D eigenvalue weighted by atomic mass is 10.0. The summed E-state index contributed by atoms with van der Waals surface area (Å²) in [5, 5.41) is 16.6. The van der Waals surface area contributed by atoms with Gasteiger partial charge in [-0.2, -0.15) is 12.6 Å². The molecule has 0 rings (SSSR count). The van der Waals surface area contributed by atoms with E-state index in [1.807, 2.05) is 0 Å². The van der Waals surface area contributed by atoms with Crippen LogP contribution in [-0.4, -0.2) is 71.2 Å².